The molecule has 1 aromatic carbocycles. The third kappa shape index (κ3) is 2.78. The molecule has 2 rings (SSSR count). The highest BCUT2D eigenvalue weighted by molar-refractivity contribution is 6.33. The van der Waals surface area contributed by atoms with Crippen molar-refractivity contribution < 1.29 is 17.7 Å². The van der Waals surface area contributed by atoms with Crippen molar-refractivity contribution in [3.8, 4) is 0 Å². The molecule has 1 aromatic heterocycles. The molecule has 0 spiro atoms. The number of hydrogen-bond acceptors (Lipinski definition) is 4. The predicted octanol–water partition coefficient (Wildman–Crippen LogP) is 3.80. The van der Waals surface area contributed by atoms with Crippen molar-refractivity contribution in [2.75, 3.05) is 11.5 Å². The Balaban J connectivity index is 2.69. The van der Waals surface area contributed by atoms with E-state index in [9.17, 15) is 13.2 Å². The number of rotatable bonds is 2. The maximum absolute atomic E-state index is 13.5. The van der Waals surface area contributed by atoms with Gasteiger partial charge in [0.25, 0.3) is 0 Å². The summed E-state index contributed by atoms with van der Waals surface area (Å²) >= 11 is 5.84. The van der Waals surface area contributed by atoms with Gasteiger partial charge in [-0.1, -0.05) is 16.8 Å². The average Bonchev–Trinajstić information content (AvgIpc) is 2.66. The summed E-state index contributed by atoms with van der Waals surface area (Å²) in [4.78, 5) is 0. The van der Waals surface area contributed by atoms with Crippen molar-refractivity contribution in [2.45, 2.75) is 25.9 Å². The van der Waals surface area contributed by atoms with Gasteiger partial charge in [-0.15, -0.1) is 0 Å². The van der Waals surface area contributed by atoms with Crippen LogP contribution in [0.25, 0.3) is 0 Å². The first-order valence-electron chi connectivity index (χ1n) is 5.96. The standard InChI is InChI=1S/C13H13ClF3N3O/c1-5-10(6(2)21-20-5)11(13(15,16)17)7-3-8(14)12(19)9(18)4-7/h3-4,11H,18-19H2,1-2H3. The Morgan fingerprint density at radius 3 is 2.29 bits per heavy atom. The average molecular weight is 320 g/mol. The van der Waals surface area contributed by atoms with Gasteiger partial charge < -0.3 is 16.0 Å². The molecule has 4 N–H and O–H groups in total. The van der Waals surface area contributed by atoms with E-state index >= 15 is 0 Å². The summed E-state index contributed by atoms with van der Waals surface area (Å²) in [6, 6.07) is 2.34. The molecule has 0 aliphatic heterocycles. The maximum atomic E-state index is 13.5. The van der Waals surface area contributed by atoms with Gasteiger partial charge in [0, 0.05) is 5.56 Å². The first-order valence-corrected chi connectivity index (χ1v) is 6.34. The molecule has 1 heterocycles. The van der Waals surface area contributed by atoms with Crippen LogP contribution in [-0.2, 0) is 0 Å². The van der Waals surface area contributed by atoms with Crippen molar-refractivity contribution >= 4 is 23.0 Å². The van der Waals surface area contributed by atoms with Gasteiger partial charge in [0.1, 0.15) is 11.7 Å². The fourth-order valence-electron chi connectivity index (χ4n) is 2.25. The van der Waals surface area contributed by atoms with E-state index in [2.05, 4.69) is 5.16 Å². The molecular weight excluding hydrogens is 307 g/mol. The molecule has 0 aliphatic carbocycles. The van der Waals surface area contributed by atoms with Crippen molar-refractivity contribution in [3.05, 3.63) is 39.7 Å². The van der Waals surface area contributed by atoms with Gasteiger partial charge in [0.2, 0.25) is 0 Å². The van der Waals surface area contributed by atoms with Crippen LogP contribution in [0.5, 0.6) is 0 Å². The fourth-order valence-corrected chi connectivity index (χ4v) is 2.48. The zero-order valence-electron chi connectivity index (χ0n) is 11.3. The molecule has 0 aliphatic rings. The van der Waals surface area contributed by atoms with Gasteiger partial charge in [-0.2, -0.15) is 13.2 Å². The van der Waals surface area contributed by atoms with Gasteiger partial charge in [0.15, 0.2) is 0 Å². The van der Waals surface area contributed by atoms with E-state index in [1.54, 1.807) is 0 Å². The Morgan fingerprint density at radius 1 is 1.24 bits per heavy atom. The number of benzene rings is 1. The van der Waals surface area contributed by atoms with Crippen LogP contribution in [0.3, 0.4) is 0 Å². The van der Waals surface area contributed by atoms with Crippen molar-refractivity contribution in [2.24, 2.45) is 0 Å². The SMILES string of the molecule is Cc1noc(C)c1C(c1cc(N)c(N)c(Cl)c1)C(F)(F)F. The van der Waals surface area contributed by atoms with Crippen LogP contribution < -0.4 is 11.5 Å². The number of halogens is 4. The van der Waals surface area contributed by atoms with Crippen molar-refractivity contribution in [1.29, 1.82) is 0 Å². The molecule has 1 unspecified atom stereocenters. The Kier molecular flexibility index (Phi) is 3.79. The number of alkyl halides is 3. The second kappa shape index (κ2) is 5.14. The second-order valence-electron chi connectivity index (χ2n) is 4.72. The molecular formula is C13H13ClF3N3O. The zero-order valence-corrected chi connectivity index (χ0v) is 12.0. The van der Waals surface area contributed by atoms with Crippen LogP contribution in [-0.4, -0.2) is 11.3 Å². The molecule has 2 aromatic rings. The smallest absolute Gasteiger partial charge is 0.397 e. The minimum atomic E-state index is -4.55. The lowest BCUT2D eigenvalue weighted by Crippen LogP contribution is -2.23. The number of anilines is 2. The maximum Gasteiger partial charge on any atom is 0.399 e. The predicted molar refractivity (Wildman–Crippen MR) is 74.2 cm³/mol. The lowest BCUT2D eigenvalue weighted by atomic mass is 9.89. The minimum absolute atomic E-state index is 0.00138. The number of aryl methyl sites for hydroxylation is 2. The minimum Gasteiger partial charge on any atom is -0.397 e. The van der Waals surface area contributed by atoms with Crippen molar-refractivity contribution in [1.82, 2.24) is 5.16 Å². The topological polar surface area (TPSA) is 78.1 Å². The largest absolute Gasteiger partial charge is 0.399 e. The zero-order chi connectivity index (χ0) is 15.9. The van der Waals surface area contributed by atoms with Crippen LogP contribution in [0.2, 0.25) is 5.02 Å². The highest BCUT2D eigenvalue weighted by atomic mass is 35.5. The second-order valence-corrected chi connectivity index (χ2v) is 5.13. The van der Waals surface area contributed by atoms with Crippen LogP contribution >= 0.6 is 11.6 Å². The summed E-state index contributed by atoms with van der Waals surface area (Å²) < 4.78 is 45.4. The molecule has 1 atom stereocenters. The monoisotopic (exact) mass is 319 g/mol. The number of nitrogens with two attached hydrogens (primary N) is 2. The van der Waals surface area contributed by atoms with Crippen LogP contribution in [0, 0.1) is 13.8 Å². The van der Waals surface area contributed by atoms with Crippen molar-refractivity contribution in [3.63, 3.8) is 0 Å². The Bertz CT molecular complexity index is 639. The van der Waals surface area contributed by atoms with Gasteiger partial charge in [-0.3, -0.25) is 0 Å². The van der Waals surface area contributed by atoms with Gasteiger partial charge in [-0.05, 0) is 31.5 Å². The summed E-state index contributed by atoms with van der Waals surface area (Å²) in [6.07, 6.45) is -4.55. The Hall–Kier alpha value is -1.89. The van der Waals surface area contributed by atoms with Gasteiger partial charge >= 0.3 is 6.18 Å². The molecule has 0 radical (unpaired) electrons. The summed E-state index contributed by atoms with van der Waals surface area (Å²) in [5, 5.41) is 3.55. The van der Waals surface area contributed by atoms with Gasteiger partial charge in [0.05, 0.1) is 22.1 Å². The van der Waals surface area contributed by atoms with Crippen LogP contribution in [0.15, 0.2) is 16.7 Å². The molecule has 8 heteroatoms. The number of nitrogen functional groups attached to an aromatic ring is 2. The lowest BCUT2D eigenvalue weighted by molar-refractivity contribution is -0.141. The summed E-state index contributed by atoms with van der Waals surface area (Å²) in [5.41, 5.74) is 11.3. The molecule has 0 saturated carbocycles. The molecule has 0 amide bonds. The fraction of sp³-hybridized carbons (Fsp3) is 0.308. The highest BCUT2D eigenvalue weighted by Gasteiger charge is 2.45. The Morgan fingerprint density at radius 2 is 1.86 bits per heavy atom. The first kappa shape index (κ1) is 15.5. The molecule has 21 heavy (non-hydrogen) atoms. The molecule has 4 nitrogen and oxygen atoms in total. The van der Waals surface area contributed by atoms with E-state index in [-0.39, 0.29) is 39.0 Å². The van der Waals surface area contributed by atoms with E-state index in [0.29, 0.717) is 0 Å². The third-order valence-corrected chi connectivity index (χ3v) is 3.53. The van der Waals surface area contributed by atoms with E-state index in [1.807, 2.05) is 0 Å². The molecule has 0 fully saturated rings. The summed E-state index contributed by atoms with van der Waals surface area (Å²) in [6.45, 7) is 2.88. The molecule has 114 valence electrons. The number of nitrogens with zero attached hydrogens (tertiary/aromatic N) is 1. The quantitative estimate of drug-likeness (QED) is 0.825. The normalized spacial score (nSPS) is 13.4. The van der Waals surface area contributed by atoms with Crippen LogP contribution in [0.4, 0.5) is 24.5 Å². The molecule has 0 bridgehead atoms. The van der Waals surface area contributed by atoms with Gasteiger partial charge in [-0.25, -0.2) is 0 Å². The molecule has 0 saturated heterocycles. The lowest BCUT2D eigenvalue weighted by Gasteiger charge is -2.22. The highest BCUT2D eigenvalue weighted by Crippen LogP contribution is 2.44. The van der Waals surface area contributed by atoms with Crippen LogP contribution in [0.1, 0.15) is 28.5 Å². The summed E-state index contributed by atoms with van der Waals surface area (Å²) in [7, 11) is 0. The number of aromatic nitrogens is 1. The van der Waals surface area contributed by atoms with E-state index < -0.39 is 12.1 Å². The first-order chi connectivity index (χ1) is 9.62. The van der Waals surface area contributed by atoms with E-state index in [1.165, 1.54) is 19.9 Å². The van der Waals surface area contributed by atoms with E-state index in [4.69, 9.17) is 27.6 Å². The summed E-state index contributed by atoms with van der Waals surface area (Å²) in [5.74, 6) is -1.83. The third-order valence-electron chi connectivity index (χ3n) is 3.22. The van der Waals surface area contributed by atoms with E-state index in [0.717, 1.165) is 6.07 Å². The number of hydrogen-bond donors (Lipinski definition) is 2. The Labute approximate surface area is 123 Å².